The highest BCUT2D eigenvalue weighted by molar-refractivity contribution is 6.32. The maximum atomic E-state index is 12.3. The summed E-state index contributed by atoms with van der Waals surface area (Å²) in [5.74, 6) is -0.118. The van der Waals surface area contributed by atoms with E-state index in [9.17, 15) is 4.79 Å². The molecule has 6 heteroatoms. The largest absolute Gasteiger partial charge is 0.399 e. The first-order chi connectivity index (χ1) is 12.6. The number of nitrogens with one attached hydrogen (secondary N) is 2. The Morgan fingerprint density at radius 2 is 2.04 bits per heavy atom. The Hall–Kier alpha value is -3.54. The predicted molar refractivity (Wildman–Crippen MR) is 103 cm³/mol. The molecule has 4 N–H and O–H groups in total. The van der Waals surface area contributed by atoms with Crippen LogP contribution in [0.1, 0.15) is 18.1 Å². The number of aromatic nitrogens is 2. The fraction of sp³-hybridized carbons (Fsp3) is 0.100. The van der Waals surface area contributed by atoms with Crippen LogP contribution in [0.15, 0.2) is 66.9 Å². The second kappa shape index (κ2) is 6.40. The molecule has 0 atom stereocenters. The quantitative estimate of drug-likeness (QED) is 0.500. The minimum atomic E-state index is -0.118. The summed E-state index contributed by atoms with van der Waals surface area (Å²) in [6, 6.07) is 13.5. The number of nitrogen functional groups attached to an aromatic ring is 1. The molecule has 0 unspecified atom stereocenters. The van der Waals surface area contributed by atoms with Crippen LogP contribution >= 0.6 is 0 Å². The molecule has 0 spiro atoms. The third-order valence-corrected chi connectivity index (χ3v) is 4.37. The summed E-state index contributed by atoms with van der Waals surface area (Å²) in [6.45, 7) is 2.67. The SMILES string of the molecule is C/C(Nc1ccc(Cn2ccnc2)cc1)=C1/C(=O)Nc2ccc(N)cc21. The van der Waals surface area contributed by atoms with Crippen molar-refractivity contribution in [2.45, 2.75) is 13.5 Å². The van der Waals surface area contributed by atoms with Crippen LogP contribution in [0, 0.1) is 0 Å². The number of hydrogen-bond donors (Lipinski definition) is 3. The van der Waals surface area contributed by atoms with Gasteiger partial charge >= 0.3 is 0 Å². The standard InChI is InChI=1S/C20H19N5O/c1-13(19-17-10-15(21)4-7-18(17)24-20(19)26)23-16-5-2-14(3-6-16)11-25-9-8-22-12-25/h2-10,12,23H,11,21H2,1H3,(H,24,26)/b19-13-. The van der Waals surface area contributed by atoms with Crippen molar-refractivity contribution in [2.75, 3.05) is 16.4 Å². The van der Waals surface area contributed by atoms with Crippen molar-refractivity contribution >= 4 is 28.5 Å². The number of rotatable bonds is 4. The minimum Gasteiger partial charge on any atom is -0.399 e. The highest BCUT2D eigenvalue weighted by atomic mass is 16.2. The molecule has 2 heterocycles. The molecule has 1 aliphatic heterocycles. The van der Waals surface area contributed by atoms with Crippen LogP contribution in [0.2, 0.25) is 0 Å². The van der Waals surface area contributed by atoms with Gasteiger partial charge in [-0.05, 0) is 42.8 Å². The highest BCUT2D eigenvalue weighted by Crippen LogP contribution is 2.35. The number of carbonyl (C=O) groups is 1. The third-order valence-electron chi connectivity index (χ3n) is 4.37. The lowest BCUT2D eigenvalue weighted by molar-refractivity contribution is -0.110. The maximum Gasteiger partial charge on any atom is 0.258 e. The van der Waals surface area contributed by atoms with Gasteiger partial charge in [0.2, 0.25) is 0 Å². The molecule has 0 radical (unpaired) electrons. The first-order valence-electron chi connectivity index (χ1n) is 8.34. The first-order valence-corrected chi connectivity index (χ1v) is 8.34. The Morgan fingerprint density at radius 1 is 1.23 bits per heavy atom. The van der Waals surface area contributed by atoms with Crippen molar-refractivity contribution < 1.29 is 4.79 Å². The number of benzene rings is 2. The summed E-state index contributed by atoms with van der Waals surface area (Å²) in [6.07, 6.45) is 5.49. The molecule has 130 valence electrons. The summed E-state index contributed by atoms with van der Waals surface area (Å²) < 4.78 is 2.01. The van der Waals surface area contributed by atoms with Gasteiger partial charge < -0.3 is 20.9 Å². The van der Waals surface area contributed by atoms with E-state index in [2.05, 4.69) is 27.8 Å². The summed E-state index contributed by atoms with van der Waals surface area (Å²) >= 11 is 0. The van der Waals surface area contributed by atoms with Gasteiger partial charge in [0.15, 0.2) is 0 Å². The summed E-state index contributed by atoms with van der Waals surface area (Å²) in [5, 5.41) is 6.19. The lowest BCUT2D eigenvalue weighted by atomic mass is 10.0. The lowest BCUT2D eigenvalue weighted by Gasteiger charge is -2.11. The van der Waals surface area contributed by atoms with Gasteiger partial charge in [0.1, 0.15) is 0 Å². The van der Waals surface area contributed by atoms with Crippen molar-refractivity contribution in [1.82, 2.24) is 9.55 Å². The van der Waals surface area contributed by atoms with E-state index < -0.39 is 0 Å². The van der Waals surface area contributed by atoms with Crippen LogP contribution < -0.4 is 16.4 Å². The number of amides is 1. The number of anilines is 3. The van der Waals surface area contributed by atoms with Crippen molar-refractivity contribution in [1.29, 1.82) is 0 Å². The second-order valence-corrected chi connectivity index (χ2v) is 6.32. The third kappa shape index (κ3) is 3.04. The zero-order valence-electron chi connectivity index (χ0n) is 14.4. The van der Waals surface area contributed by atoms with E-state index in [0.29, 0.717) is 11.3 Å². The molecule has 0 fully saturated rings. The number of nitrogens with zero attached hydrogens (tertiary/aromatic N) is 2. The Kier molecular flexibility index (Phi) is 3.93. The number of hydrogen-bond acceptors (Lipinski definition) is 4. The van der Waals surface area contributed by atoms with Gasteiger partial charge in [0, 0.05) is 47.3 Å². The fourth-order valence-corrected chi connectivity index (χ4v) is 3.12. The van der Waals surface area contributed by atoms with Crippen molar-refractivity contribution in [3.63, 3.8) is 0 Å². The molecule has 0 aliphatic carbocycles. The highest BCUT2D eigenvalue weighted by Gasteiger charge is 2.26. The molecule has 1 aromatic heterocycles. The Labute approximate surface area is 151 Å². The van der Waals surface area contributed by atoms with E-state index in [1.54, 1.807) is 18.6 Å². The Morgan fingerprint density at radius 3 is 2.77 bits per heavy atom. The molecule has 0 saturated carbocycles. The molecule has 2 aromatic carbocycles. The van der Waals surface area contributed by atoms with Crippen molar-refractivity contribution in [3.8, 4) is 0 Å². The van der Waals surface area contributed by atoms with Crippen LogP contribution in [0.4, 0.5) is 17.1 Å². The van der Waals surface area contributed by atoms with Crippen LogP contribution in [-0.4, -0.2) is 15.5 Å². The number of allylic oxidation sites excluding steroid dienone is 1. The van der Waals surface area contributed by atoms with Crippen molar-refractivity contribution in [2.24, 2.45) is 0 Å². The van der Waals surface area contributed by atoms with Gasteiger partial charge in [-0.2, -0.15) is 0 Å². The molecule has 1 amide bonds. The van der Waals surface area contributed by atoms with Gasteiger partial charge in [-0.3, -0.25) is 4.79 Å². The molecule has 1 aliphatic rings. The van der Waals surface area contributed by atoms with E-state index in [1.807, 2.05) is 42.0 Å². The summed E-state index contributed by atoms with van der Waals surface area (Å²) in [5.41, 5.74) is 11.6. The predicted octanol–water partition coefficient (Wildman–Crippen LogP) is 3.31. The van der Waals surface area contributed by atoms with Gasteiger partial charge in [-0.15, -0.1) is 0 Å². The molecule has 6 nitrogen and oxygen atoms in total. The smallest absolute Gasteiger partial charge is 0.258 e. The maximum absolute atomic E-state index is 12.3. The molecule has 3 aromatic rings. The zero-order chi connectivity index (χ0) is 18.1. The lowest BCUT2D eigenvalue weighted by Crippen LogP contribution is -2.08. The van der Waals surface area contributed by atoms with E-state index in [-0.39, 0.29) is 5.91 Å². The van der Waals surface area contributed by atoms with E-state index in [0.717, 1.165) is 29.2 Å². The van der Waals surface area contributed by atoms with Crippen LogP contribution in [-0.2, 0) is 11.3 Å². The molecule has 26 heavy (non-hydrogen) atoms. The summed E-state index contributed by atoms with van der Waals surface area (Å²) in [4.78, 5) is 16.4. The number of fused-ring (bicyclic) bond motifs is 1. The molecular formula is C20H19N5O. The normalized spacial score (nSPS) is 14.7. The Bertz CT molecular complexity index is 988. The topological polar surface area (TPSA) is 85.0 Å². The molecular weight excluding hydrogens is 326 g/mol. The average Bonchev–Trinajstić information content (AvgIpc) is 3.23. The molecule has 0 bridgehead atoms. The van der Waals surface area contributed by atoms with Crippen LogP contribution in [0.5, 0.6) is 0 Å². The number of imidazole rings is 1. The second-order valence-electron chi connectivity index (χ2n) is 6.32. The molecule has 0 saturated heterocycles. The molecule has 4 rings (SSSR count). The Balaban J connectivity index is 1.56. The zero-order valence-corrected chi connectivity index (χ0v) is 14.4. The summed E-state index contributed by atoms with van der Waals surface area (Å²) in [7, 11) is 0. The van der Waals surface area contributed by atoms with Gasteiger partial charge in [-0.25, -0.2) is 4.98 Å². The van der Waals surface area contributed by atoms with Crippen LogP contribution in [0.25, 0.3) is 5.57 Å². The van der Waals surface area contributed by atoms with Crippen molar-refractivity contribution in [3.05, 3.63) is 78.0 Å². The van der Waals surface area contributed by atoms with Gasteiger partial charge in [0.05, 0.1) is 11.9 Å². The van der Waals surface area contributed by atoms with Gasteiger partial charge in [-0.1, -0.05) is 12.1 Å². The fourth-order valence-electron chi connectivity index (χ4n) is 3.12. The first kappa shape index (κ1) is 16.0. The monoisotopic (exact) mass is 345 g/mol. The van der Waals surface area contributed by atoms with Crippen LogP contribution in [0.3, 0.4) is 0 Å². The van der Waals surface area contributed by atoms with E-state index in [4.69, 9.17) is 5.73 Å². The van der Waals surface area contributed by atoms with E-state index >= 15 is 0 Å². The number of carbonyl (C=O) groups excluding carboxylic acids is 1. The average molecular weight is 345 g/mol. The van der Waals surface area contributed by atoms with E-state index in [1.165, 1.54) is 5.56 Å². The minimum absolute atomic E-state index is 0.118. The number of nitrogens with two attached hydrogens (primary N) is 1. The van der Waals surface area contributed by atoms with Gasteiger partial charge in [0.25, 0.3) is 5.91 Å².